The van der Waals surface area contributed by atoms with E-state index in [-0.39, 0.29) is 10.8 Å². The van der Waals surface area contributed by atoms with Crippen LogP contribution in [0.5, 0.6) is 5.75 Å². The maximum atomic E-state index is 13.2. The molecule has 0 saturated carbocycles. The summed E-state index contributed by atoms with van der Waals surface area (Å²) in [6, 6.07) is 19.9. The van der Waals surface area contributed by atoms with Crippen LogP contribution in [0.25, 0.3) is 0 Å². The molecule has 0 bridgehead atoms. The van der Waals surface area contributed by atoms with Gasteiger partial charge in [0.05, 0.1) is 17.7 Å². The fourth-order valence-electron chi connectivity index (χ4n) is 4.05. The second kappa shape index (κ2) is 9.77. The van der Waals surface area contributed by atoms with E-state index in [4.69, 9.17) is 4.74 Å². The van der Waals surface area contributed by atoms with Crippen LogP contribution in [0.15, 0.2) is 71.6 Å². The van der Waals surface area contributed by atoms with Crippen LogP contribution in [-0.4, -0.2) is 52.5 Å². The third-order valence-electron chi connectivity index (χ3n) is 6.12. The molecule has 0 spiro atoms. The van der Waals surface area contributed by atoms with Crippen molar-refractivity contribution in [2.75, 3.05) is 42.9 Å². The summed E-state index contributed by atoms with van der Waals surface area (Å²) in [5, 5.41) is 0. The fourth-order valence-corrected chi connectivity index (χ4v) is 5.46. The van der Waals surface area contributed by atoms with Crippen molar-refractivity contribution in [2.45, 2.75) is 18.7 Å². The highest BCUT2D eigenvalue weighted by molar-refractivity contribution is 7.92. The van der Waals surface area contributed by atoms with Gasteiger partial charge in [0.2, 0.25) is 0 Å². The van der Waals surface area contributed by atoms with E-state index in [1.807, 2.05) is 43.3 Å². The molecule has 0 radical (unpaired) electrons. The van der Waals surface area contributed by atoms with E-state index in [9.17, 15) is 13.2 Å². The van der Waals surface area contributed by atoms with Gasteiger partial charge in [0.25, 0.3) is 15.9 Å². The molecule has 7 nitrogen and oxygen atoms in total. The molecule has 1 fully saturated rings. The molecule has 0 atom stereocenters. The zero-order valence-corrected chi connectivity index (χ0v) is 20.4. The highest BCUT2D eigenvalue weighted by Crippen LogP contribution is 2.25. The van der Waals surface area contributed by atoms with Crippen molar-refractivity contribution in [3.63, 3.8) is 0 Å². The van der Waals surface area contributed by atoms with Crippen LogP contribution in [0.1, 0.15) is 21.5 Å². The van der Waals surface area contributed by atoms with Gasteiger partial charge in [-0.2, -0.15) is 0 Å². The van der Waals surface area contributed by atoms with Gasteiger partial charge in [-0.15, -0.1) is 0 Å². The molecule has 1 heterocycles. The number of carbonyl (C=O) groups is 1. The monoisotopic (exact) mass is 479 g/mol. The zero-order valence-electron chi connectivity index (χ0n) is 19.6. The van der Waals surface area contributed by atoms with E-state index >= 15 is 0 Å². The molecule has 1 aliphatic rings. The topological polar surface area (TPSA) is 79.0 Å². The summed E-state index contributed by atoms with van der Waals surface area (Å²) in [6.07, 6.45) is 0. The zero-order chi connectivity index (χ0) is 24.3. The number of carbonyl (C=O) groups excluding carboxylic acids is 1. The van der Waals surface area contributed by atoms with Gasteiger partial charge in [-0.25, -0.2) is 8.42 Å². The number of hydrogen-bond acceptors (Lipinski definition) is 5. The van der Waals surface area contributed by atoms with Crippen molar-refractivity contribution in [1.29, 1.82) is 0 Å². The Morgan fingerprint density at radius 3 is 2.21 bits per heavy atom. The number of sulfonamides is 1. The van der Waals surface area contributed by atoms with Crippen LogP contribution < -0.4 is 14.4 Å². The van der Waals surface area contributed by atoms with Crippen LogP contribution in [0.2, 0.25) is 0 Å². The Kier molecular flexibility index (Phi) is 6.79. The average molecular weight is 480 g/mol. The molecule has 3 aromatic rings. The van der Waals surface area contributed by atoms with Gasteiger partial charge in [-0.1, -0.05) is 24.3 Å². The second-order valence-electron chi connectivity index (χ2n) is 8.38. The minimum absolute atomic E-state index is 0.110. The number of para-hydroxylation sites is 1. The number of ether oxygens (including phenoxy) is 1. The minimum atomic E-state index is -3.84. The van der Waals surface area contributed by atoms with E-state index in [0.717, 1.165) is 17.0 Å². The summed E-state index contributed by atoms with van der Waals surface area (Å²) < 4.78 is 34.1. The first-order chi connectivity index (χ1) is 16.3. The first-order valence-electron chi connectivity index (χ1n) is 11.2. The van der Waals surface area contributed by atoms with Crippen molar-refractivity contribution in [2.24, 2.45) is 0 Å². The lowest BCUT2D eigenvalue weighted by Crippen LogP contribution is -2.48. The summed E-state index contributed by atoms with van der Waals surface area (Å²) in [7, 11) is -2.20. The quantitative estimate of drug-likeness (QED) is 0.577. The lowest BCUT2D eigenvalue weighted by molar-refractivity contribution is 0.0746. The largest absolute Gasteiger partial charge is 0.497 e. The van der Waals surface area contributed by atoms with Crippen molar-refractivity contribution < 1.29 is 17.9 Å². The summed E-state index contributed by atoms with van der Waals surface area (Å²) in [4.78, 5) is 17.3. The van der Waals surface area contributed by atoms with Crippen LogP contribution in [-0.2, 0) is 10.0 Å². The van der Waals surface area contributed by atoms with Gasteiger partial charge in [0.15, 0.2) is 0 Å². The SMILES string of the molecule is COc1ccc(N2CCN(C(=O)c3ccc(C)c(S(=O)(=O)Nc4ccccc4C)c3)CC2)cc1. The number of nitrogens with zero attached hydrogens (tertiary/aromatic N) is 2. The van der Waals surface area contributed by atoms with Gasteiger partial charge in [-0.05, 0) is 67.4 Å². The molecular weight excluding hydrogens is 450 g/mol. The molecule has 0 aliphatic carbocycles. The minimum Gasteiger partial charge on any atom is -0.497 e. The third kappa shape index (κ3) is 5.02. The van der Waals surface area contributed by atoms with E-state index in [0.29, 0.717) is 43.0 Å². The summed E-state index contributed by atoms with van der Waals surface area (Å²) in [5.41, 5.74) is 3.38. The lowest BCUT2D eigenvalue weighted by atomic mass is 10.1. The van der Waals surface area contributed by atoms with Gasteiger partial charge in [0, 0.05) is 37.4 Å². The Bertz CT molecular complexity index is 1280. The molecule has 0 aromatic heterocycles. The Balaban J connectivity index is 1.48. The summed E-state index contributed by atoms with van der Waals surface area (Å²) in [6.45, 7) is 6.09. The molecule has 1 N–H and O–H groups in total. The van der Waals surface area contributed by atoms with Gasteiger partial charge in [0.1, 0.15) is 5.75 Å². The molecule has 1 amide bonds. The maximum Gasteiger partial charge on any atom is 0.262 e. The van der Waals surface area contributed by atoms with Crippen molar-refractivity contribution >= 4 is 27.3 Å². The van der Waals surface area contributed by atoms with Gasteiger partial charge >= 0.3 is 0 Å². The van der Waals surface area contributed by atoms with E-state index in [1.54, 1.807) is 43.2 Å². The molecule has 1 aliphatic heterocycles. The standard InChI is InChI=1S/C26H29N3O4S/c1-19-6-4-5-7-24(19)27-34(31,32)25-18-21(9-8-20(25)2)26(30)29-16-14-28(15-17-29)22-10-12-23(33-3)13-11-22/h4-13,18,27H,14-17H2,1-3H3. The normalized spacial score (nSPS) is 14.1. The van der Waals surface area contributed by atoms with E-state index < -0.39 is 10.0 Å². The van der Waals surface area contributed by atoms with Crippen molar-refractivity contribution in [3.05, 3.63) is 83.4 Å². The molecule has 4 rings (SSSR count). The number of methoxy groups -OCH3 is 1. The number of anilines is 2. The highest BCUT2D eigenvalue weighted by atomic mass is 32.2. The number of hydrogen-bond donors (Lipinski definition) is 1. The third-order valence-corrected chi connectivity index (χ3v) is 7.63. The second-order valence-corrected chi connectivity index (χ2v) is 10.0. The predicted molar refractivity (Wildman–Crippen MR) is 134 cm³/mol. The van der Waals surface area contributed by atoms with Crippen molar-refractivity contribution in [1.82, 2.24) is 4.90 Å². The van der Waals surface area contributed by atoms with Gasteiger partial charge in [-0.3, -0.25) is 9.52 Å². The molecule has 0 unspecified atom stereocenters. The lowest BCUT2D eigenvalue weighted by Gasteiger charge is -2.36. The molecule has 178 valence electrons. The number of rotatable bonds is 6. The van der Waals surface area contributed by atoms with Crippen LogP contribution in [0.3, 0.4) is 0 Å². The smallest absolute Gasteiger partial charge is 0.262 e. The number of piperazine rings is 1. The van der Waals surface area contributed by atoms with Crippen LogP contribution in [0.4, 0.5) is 11.4 Å². The number of benzene rings is 3. The Hall–Kier alpha value is -3.52. The van der Waals surface area contributed by atoms with E-state index in [2.05, 4.69) is 9.62 Å². The first-order valence-corrected chi connectivity index (χ1v) is 12.6. The number of aryl methyl sites for hydroxylation is 2. The van der Waals surface area contributed by atoms with Crippen LogP contribution in [0, 0.1) is 13.8 Å². The molecule has 1 saturated heterocycles. The first kappa shape index (κ1) is 23.6. The molecular formula is C26H29N3O4S. The fraction of sp³-hybridized carbons (Fsp3) is 0.269. The summed E-state index contributed by atoms with van der Waals surface area (Å²) >= 11 is 0. The molecule has 8 heteroatoms. The Morgan fingerprint density at radius 1 is 0.882 bits per heavy atom. The Labute approximate surface area is 201 Å². The van der Waals surface area contributed by atoms with Crippen LogP contribution >= 0.6 is 0 Å². The average Bonchev–Trinajstić information content (AvgIpc) is 2.85. The van der Waals surface area contributed by atoms with Crippen molar-refractivity contribution in [3.8, 4) is 5.75 Å². The van der Waals surface area contributed by atoms with Gasteiger partial charge < -0.3 is 14.5 Å². The number of amides is 1. The Morgan fingerprint density at radius 2 is 1.56 bits per heavy atom. The molecule has 34 heavy (non-hydrogen) atoms. The number of nitrogens with one attached hydrogen (secondary N) is 1. The highest BCUT2D eigenvalue weighted by Gasteiger charge is 2.25. The molecule has 3 aromatic carbocycles. The summed E-state index contributed by atoms with van der Waals surface area (Å²) in [5.74, 6) is 0.640. The maximum absolute atomic E-state index is 13.2. The van der Waals surface area contributed by atoms with E-state index in [1.165, 1.54) is 6.07 Å². The predicted octanol–water partition coefficient (Wildman–Crippen LogP) is 4.08.